The van der Waals surface area contributed by atoms with Crippen LogP contribution in [0.25, 0.3) is 0 Å². The van der Waals surface area contributed by atoms with Crippen molar-refractivity contribution in [1.82, 2.24) is 0 Å². The Morgan fingerprint density at radius 2 is 1.43 bits per heavy atom. The number of hydrogen-bond donors (Lipinski definition) is 2. The smallest absolute Gasteiger partial charge is 0.399 e. The highest BCUT2D eigenvalue weighted by atomic mass is 32.2. The van der Waals surface area contributed by atoms with Crippen LogP contribution in [0, 0.1) is 13.8 Å². The molecule has 0 saturated carbocycles. The SMILES string of the molecule is Cc1ccc(B2OC(C)(C)C(C)(C)O2)cc1C.N[SH](=O)=O. The molecule has 1 aliphatic rings. The van der Waals surface area contributed by atoms with Gasteiger partial charge in [-0.15, -0.1) is 0 Å². The number of benzene rings is 1. The van der Waals surface area contributed by atoms with Crippen LogP contribution in [0.2, 0.25) is 0 Å². The first kappa shape index (κ1) is 18.2. The Morgan fingerprint density at radius 3 is 1.81 bits per heavy atom. The van der Waals surface area contributed by atoms with Gasteiger partial charge in [-0.1, -0.05) is 18.2 Å². The topological polar surface area (TPSA) is 78.6 Å². The molecule has 0 atom stereocenters. The Bertz CT molecular complexity index is 560. The lowest BCUT2D eigenvalue weighted by molar-refractivity contribution is 0.00578. The van der Waals surface area contributed by atoms with Crippen LogP contribution in [0.15, 0.2) is 18.2 Å². The molecule has 1 aromatic rings. The standard InChI is InChI=1S/C14H21BO2.H3NO2S/c1-10-7-8-12(9-11(10)2)15-16-13(3,4)14(5,6)17-15;1-4(2)3/h7-9H,1-6H3;4H,(H2,1,2,3). The molecule has 118 valence electrons. The summed E-state index contributed by atoms with van der Waals surface area (Å²) < 4.78 is 29.7. The molecule has 1 aliphatic heterocycles. The molecule has 7 heteroatoms. The summed E-state index contributed by atoms with van der Waals surface area (Å²) >= 11 is 0. The minimum atomic E-state index is -2.62. The van der Waals surface area contributed by atoms with Gasteiger partial charge < -0.3 is 9.31 Å². The minimum absolute atomic E-state index is 0.251. The van der Waals surface area contributed by atoms with E-state index < -0.39 is 10.9 Å². The van der Waals surface area contributed by atoms with Gasteiger partial charge in [0.1, 0.15) is 0 Å². The molecule has 0 bridgehead atoms. The maximum Gasteiger partial charge on any atom is 0.494 e. The van der Waals surface area contributed by atoms with Crippen LogP contribution < -0.4 is 10.6 Å². The van der Waals surface area contributed by atoms with E-state index in [1.54, 1.807) is 0 Å². The van der Waals surface area contributed by atoms with Crippen LogP contribution in [0.3, 0.4) is 0 Å². The largest absolute Gasteiger partial charge is 0.494 e. The van der Waals surface area contributed by atoms with Gasteiger partial charge in [-0.3, -0.25) is 0 Å². The number of aryl methyl sites for hydroxylation is 2. The Balaban J connectivity index is 0.000000491. The predicted octanol–water partition coefficient (Wildman–Crippen LogP) is 1.07. The zero-order valence-corrected chi connectivity index (χ0v) is 14.4. The van der Waals surface area contributed by atoms with Gasteiger partial charge in [0.05, 0.1) is 11.2 Å². The third-order valence-electron chi connectivity index (χ3n) is 4.06. The van der Waals surface area contributed by atoms with Crippen molar-refractivity contribution in [3.05, 3.63) is 29.3 Å². The Morgan fingerprint density at radius 1 is 1.00 bits per heavy atom. The lowest BCUT2D eigenvalue weighted by Crippen LogP contribution is -2.41. The summed E-state index contributed by atoms with van der Waals surface area (Å²) in [7, 11) is -2.87. The van der Waals surface area contributed by atoms with Crippen molar-refractivity contribution in [2.45, 2.75) is 52.7 Å². The van der Waals surface area contributed by atoms with Gasteiger partial charge in [0.25, 0.3) is 0 Å². The third-order valence-corrected chi connectivity index (χ3v) is 4.06. The van der Waals surface area contributed by atoms with Gasteiger partial charge in [0, 0.05) is 0 Å². The van der Waals surface area contributed by atoms with Gasteiger partial charge in [-0.2, -0.15) is 0 Å². The number of thiol groups is 1. The molecule has 0 spiro atoms. The molecule has 2 N–H and O–H groups in total. The molecule has 1 saturated heterocycles. The van der Waals surface area contributed by atoms with Gasteiger partial charge in [0.2, 0.25) is 0 Å². The molecule has 0 aliphatic carbocycles. The van der Waals surface area contributed by atoms with E-state index in [1.807, 2.05) is 0 Å². The highest BCUT2D eigenvalue weighted by Crippen LogP contribution is 2.36. The molecule has 1 heterocycles. The average molecular weight is 313 g/mol. The van der Waals surface area contributed by atoms with Crippen molar-refractivity contribution in [1.29, 1.82) is 0 Å². The number of rotatable bonds is 1. The fourth-order valence-corrected chi connectivity index (χ4v) is 1.89. The van der Waals surface area contributed by atoms with Crippen LogP contribution in [-0.2, 0) is 20.2 Å². The van der Waals surface area contributed by atoms with E-state index in [1.165, 1.54) is 11.1 Å². The minimum Gasteiger partial charge on any atom is -0.399 e. The van der Waals surface area contributed by atoms with E-state index in [9.17, 15) is 0 Å². The Hall–Kier alpha value is -0.885. The fourth-order valence-electron chi connectivity index (χ4n) is 1.89. The van der Waals surface area contributed by atoms with Gasteiger partial charge in [-0.25, -0.2) is 13.6 Å². The normalized spacial score (nSPS) is 19.3. The highest BCUT2D eigenvalue weighted by Gasteiger charge is 2.51. The molecule has 0 amide bonds. The summed E-state index contributed by atoms with van der Waals surface area (Å²) in [5.41, 5.74) is 3.14. The molecule has 0 radical (unpaired) electrons. The predicted molar refractivity (Wildman–Crippen MR) is 86.1 cm³/mol. The van der Waals surface area contributed by atoms with Gasteiger partial charge >= 0.3 is 7.12 Å². The lowest BCUT2D eigenvalue weighted by Gasteiger charge is -2.32. The molecule has 0 aromatic heterocycles. The summed E-state index contributed by atoms with van der Waals surface area (Å²) in [6.45, 7) is 12.5. The van der Waals surface area contributed by atoms with Crippen molar-refractivity contribution in [3.63, 3.8) is 0 Å². The zero-order chi connectivity index (χ0) is 16.4. The summed E-state index contributed by atoms with van der Waals surface area (Å²) in [6, 6.07) is 6.36. The van der Waals surface area contributed by atoms with E-state index in [4.69, 9.17) is 17.7 Å². The average Bonchev–Trinajstić information content (AvgIpc) is 2.51. The summed E-state index contributed by atoms with van der Waals surface area (Å²) in [6.07, 6.45) is 0. The summed E-state index contributed by atoms with van der Waals surface area (Å²) in [5.74, 6) is 0. The molecule has 21 heavy (non-hydrogen) atoms. The second-order valence-electron chi connectivity index (χ2n) is 6.22. The quantitative estimate of drug-likeness (QED) is 0.600. The van der Waals surface area contributed by atoms with E-state index in [-0.39, 0.29) is 18.3 Å². The number of nitrogens with two attached hydrogens (primary N) is 1. The molecule has 5 nitrogen and oxygen atoms in total. The van der Waals surface area contributed by atoms with Crippen LogP contribution in [0.4, 0.5) is 0 Å². The zero-order valence-electron chi connectivity index (χ0n) is 13.5. The molecule has 1 aromatic carbocycles. The first-order valence-corrected chi connectivity index (χ1v) is 8.03. The summed E-state index contributed by atoms with van der Waals surface area (Å²) in [4.78, 5) is 0. The van der Waals surface area contributed by atoms with Gasteiger partial charge in [0.15, 0.2) is 10.9 Å². The molecule has 0 unspecified atom stereocenters. The molecule has 1 fully saturated rings. The van der Waals surface area contributed by atoms with Crippen LogP contribution in [-0.4, -0.2) is 26.7 Å². The van der Waals surface area contributed by atoms with E-state index in [0.29, 0.717) is 0 Å². The first-order valence-electron chi connectivity index (χ1n) is 6.78. The number of hydrogen-bond acceptors (Lipinski definition) is 4. The van der Waals surface area contributed by atoms with Crippen LogP contribution in [0.1, 0.15) is 38.8 Å². The van der Waals surface area contributed by atoms with E-state index in [0.717, 1.165) is 5.46 Å². The highest BCUT2D eigenvalue weighted by molar-refractivity contribution is 7.69. The molecular weight excluding hydrogens is 289 g/mol. The van der Waals surface area contributed by atoms with Crippen LogP contribution in [0.5, 0.6) is 0 Å². The molecular formula is C14H24BNO4S. The van der Waals surface area contributed by atoms with Crippen molar-refractivity contribution in [2.75, 3.05) is 0 Å². The lowest BCUT2D eigenvalue weighted by atomic mass is 9.78. The van der Waals surface area contributed by atoms with Crippen molar-refractivity contribution in [2.24, 2.45) is 5.14 Å². The van der Waals surface area contributed by atoms with Crippen LogP contribution >= 0.6 is 0 Å². The van der Waals surface area contributed by atoms with E-state index in [2.05, 4.69) is 64.9 Å². The third kappa shape index (κ3) is 4.54. The first-order chi connectivity index (χ1) is 9.46. The molecule has 2 rings (SSSR count). The Kier molecular flexibility index (Phi) is 5.60. The fraction of sp³-hybridized carbons (Fsp3) is 0.571. The monoisotopic (exact) mass is 313 g/mol. The van der Waals surface area contributed by atoms with Crippen molar-refractivity contribution >= 4 is 23.5 Å². The maximum absolute atomic E-state index is 8.81. The second-order valence-corrected chi connectivity index (χ2v) is 6.79. The van der Waals surface area contributed by atoms with E-state index >= 15 is 0 Å². The Labute approximate surface area is 129 Å². The second kappa shape index (κ2) is 6.48. The maximum atomic E-state index is 8.81. The van der Waals surface area contributed by atoms with Gasteiger partial charge in [-0.05, 0) is 58.1 Å². The summed E-state index contributed by atoms with van der Waals surface area (Å²) in [5, 5.41) is 4.06. The van der Waals surface area contributed by atoms with Crippen molar-refractivity contribution < 1.29 is 17.7 Å². The van der Waals surface area contributed by atoms with Crippen molar-refractivity contribution in [3.8, 4) is 0 Å².